The Labute approximate surface area is 224 Å². The number of fused-ring (bicyclic) bond motifs is 3. The Morgan fingerprint density at radius 2 is 1.82 bits per heavy atom. The number of phenols is 1. The van der Waals surface area contributed by atoms with Gasteiger partial charge in [0.1, 0.15) is 5.75 Å². The van der Waals surface area contributed by atoms with E-state index in [0.717, 1.165) is 12.2 Å². The molecule has 0 spiro atoms. The Morgan fingerprint density at radius 1 is 1.16 bits per heavy atom. The average Bonchev–Trinajstić information content (AvgIpc) is 2.82. The number of thioether (sulfide) groups is 1. The topological polar surface area (TPSA) is 175 Å². The Kier molecular flexibility index (Phi) is 7.61. The van der Waals surface area contributed by atoms with Gasteiger partial charge in [-0.3, -0.25) is 28.9 Å². The summed E-state index contributed by atoms with van der Waals surface area (Å²) in [6, 6.07) is 3.18. The Balaban J connectivity index is 1.89. The van der Waals surface area contributed by atoms with E-state index in [9.17, 15) is 39.3 Å². The Hall–Kier alpha value is -2.60. The number of phenolic OH excluding ortho intramolecular Hbond substituents is 1. The van der Waals surface area contributed by atoms with Crippen molar-refractivity contribution in [3.05, 3.63) is 29.3 Å². The molecule has 0 aliphatic heterocycles. The van der Waals surface area contributed by atoms with Gasteiger partial charge in [0.2, 0.25) is 5.91 Å². The Morgan fingerprint density at radius 3 is 2.39 bits per heavy atom. The number of nitrogens with two attached hydrogens (primary N) is 1. The maximum Gasteiger partial charge on any atom is 0.235 e. The summed E-state index contributed by atoms with van der Waals surface area (Å²) < 4.78 is 0. The zero-order chi connectivity index (χ0) is 28.3. The molecule has 10 nitrogen and oxygen atoms in total. The van der Waals surface area contributed by atoms with Crippen LogP contribution in [0.15, 0.2) is 18.2 Å². The molecule has 8 atom stereocenters. The minimum atomic E-state index is -2.99. The molecule has 0 heterocycles. The number of carbonyl (C=O) groups excluding carboxylic acids is 5. The first-order valence-corrected chi connectivity index (χ1v) is 13.8. The van der Waals surface area contributed by atoms with Crippen LogP contribution < -0.4 is 5.73 Å². The Bertz CT molecular complexity index is 1200. The second-order valence-electron chi connectivity index (χ2n) is 11.2. The molecule has 0 saturated heterocycles. The number of aliphatic hydroxyl groups excluding tert-OH is 1. The molecule has 1 aromatic rings. The molecule has 0 radical (unpaired) electrons. The number of aliphatic hydroxyl groups is 2. The molecule has 3 aliphatic rings. The van der Waals surface area contributed by atoms with Gasteiger partial charge in [-0.15, -0.1) is 0 Å². The number of amides is 1. The molecule has 5 N–H and O–H groups in total. The number of primary amides is 1. The van der Waals surface area contributed by atoms with E-state index in [2.05, 4.69) is 13.8 Å². The molecule has 38 heavy (non-hydrogen) atoms. The van der Waals surface area contributed by atoms with Crippen LogP contribution in [0, 0.1) is 29.6 Å². The molecule has 0 bridgehead atoms. The summed E-state index contributed by atoms with van der Waals surface area (Å²) in [6.45, 7) is 4.18. The molecule has 2 fully saturated rings. The lowest BCUT2D eigenvalue weighted by atomic mass is 9.49. The van der Waals surface area contributed by atoms with Gasteiger partial charge in [-0.1, -0.05) is 26.0 Å². The third-order valence-corrected chi connectivity index (χ3v) is 9.41. The third-order valence-electron chi connectivity index (χ3n) is 8.29. The number of carbonyl (C=O) groups is 5. The zero-order valence-corrected chi connectivity index (χ0v) is 22.6. The first kappa shape index (κ1) is 28.4. The highest BCUT2D eigenvalue weighted by Crippen LogP contribution is 2.55. The number of aromatic hydroxyl groups is 1. The molecule has 11 heteroatoms. The van der Waals surface area contributed by atoms with Gasteiger partial charge < -0.3 is 21.1 Å². The third kappa shape index (κ3) is 4.11. The molecule has 1 aromatic carbocycles. The van der Waals surface area contributed by atoms with E-state index in [1.807, 2.05) is 0 Å². The first-order chi connectivity index (χ1) is 17.8. The number of benzene rings is 1. The molecule has 2 saturated carbocycles. The van der Waals surface area contributed by atoms with Crippen molar-refractivity contribution in [2.24, 2.45) is 35.3 Å². The minimum Gasteiger partial charge on any atom is -0.507 e. The van der Waals surface area contributed by atoms with Crippen molar-refractivity contribution >= 4 is 40.8 Å². The summed E-state index contributed by atoms with van der Waals surface area (Å²) in [5.74, 6) is -11.4. The fraction of sp³-hybridized carbons (Fsp3) is 0.593. The van der Waals surface area contributed by atoms with Crippen LogP contribution in [-0.4, -0.2) is 92.6 Å². The van der Waals surface area contributed by atoms with Crippen molar-refractivity contribution in [1.82, 2.24) is 4.90 Å². The van der Waals surface area contributed by atoms with Crippen molar-refractivity contribution in [3.8, 4) is 5.75 Å². The second kappa shape index (κ2) is 10.2. The number of nitrogens with zero attached hydrogens (tertiary/aromatic N) is 1. The van der Waals surface area contributed by atoms with Crippen LogP contribution in [0.5, 0.6) is 5.75 Å². The number of rotatable bonds is 7. The van der Waals surface area contributed by atoms with Crippen molar-refractivity contribution < 1.29 is 39.3 Å². The number of ketones is 4. The maximum atomic E-state index is 14.0. The molecule has 0 aromatic heterocycles. The van der Waals surface area contributed by atoms with Gasteiger partial charge in [0, 0.05) is 17.6 Å². The molecular weight excluding hydrogens is 512 g/mol. The van der Waals surface area contributed by atoms with E-state index >= 15 is 0 Å². The predicted molar refractivity (Wildman–Crippen MR) is 139 cm³/mol. The summed E-state index contributed by atoms with van der Waals surface area (Å²) >= 11 is 1.58. The van der Waals surface area contributed by atoms with Gasteiger partial charge in [-0.05, 0) is 43.8 Å². The first-order valence-electron chi connectivity index (χ1n) is 12.7. The van der Waals surface area contributed by atoms with Gasteiger partial charge in [-0.25, -0.2) is 0 Å². The summed E-state index contributed by atoms with van der Waals surface area (Å²) in [6.07, 6.45) is -0.714. The number of hydrogen-bond acceptors (Lipinski definition) is 10. The number of likely N-dealkylation sites (N-methyl/N-ethyl adjacent to an activating group) is 1. The van der Waals surface area contributed by atoms with Gasteiger partial charge in [0.25, 0.3) is 0 Å². The normalized spacial score (nSPS) is 34.8. The smallest absolute Gasteiger partial charge is 0.235 e. The molecule has 4 unspecified atom stereocenters. The quantitative estimate of drug-likeness (QED) is 0.272. The highest BCUT2D eigenvalue weighted by molar-refractivity contribution is 7.99. The molecular formula is C27H34N2O8S. The molecule has 4 rings (SSSR count). The van der Waals surface area contributed by atoms with Gasteiger partial charge in [0.15, 0.2) is 34.7 Å². The van der Waals surface area contributed by atoms with Gasteiger partial charge in [-0.2, -0.15) is 11.8 Å². The van der Waals surface area contributed by atoms with Crippen molar-refractivity contribution in [2.75, 3.05) is 25.6 Å². The van der Waals surface area contributed by atoms with E-state index in [4.69, 9.17) is 5.73 Å². The number of Topliss-reactive ketones (excluding diaryl/α,β-unsaturated/α-hetero) is 4. The minimum absolute atomic E-state index is 0.0826. The van der Waals surface area contributed by atoms with Gasteiger partial charge in [0.05, 0.1) is 29.5 Å². The lowest BCUT2D eigenvalue weighted by molar-refractivity contribution is -0.196. The standard InChI is InChI=1S/C27H34N2O8S/c1-11(2)8-9-38-10-13-12-6-5-7-14(30)15(12)21(31)17-16(13)22(32)19-20(29(3)4)23(33)18(26(28)36)25(35)27(19,37)24(17)34/h5-7,11,13,16-20,22,30,32,37H,8-10H2,1-4H3,(H2,28,36)/t13-,16?,17?,18?,19?,20-,22-,27-/m0/s1. The molecule has 3 aliphatic carbocycles. The van der Waals surface area contributed by atoms with Crippen LogP contribution in [-0.2, 0) is 19.2 Å². The van der Waals surface area contributed by atoms with Crippen molar-refractivity contribution in [1.29, 1.82) is 0 Å². The predicted octanol–water partition coefficient (Wildman–Crippen LogP) is 0.158. The lowest BCUT2D eigenvalue weighted by Crippen LogP contribution is -2.77. The summed E-state index contributed by atoms with van der Waals surface area (Å²) in [7, 11) is 2.94. The van der Waals surface area contributed by atoms with E-state index in [0.29, 0.717) is 17.2 Å². The summed E-state index contributed by atoms with van der Waals surface area (Å²) in [5, 5.41) is 34.1. The fourth-order valence-corrected chi connectivity index (χ4v) is 7.96. The van der Waals surface area contributed by atoms with E-state index < -0.39 is 76.4 Å². The highest BCUT2D eigenvalue weighted by atomic mass is 32.2. The SMILES string of the molecule is CC(C)CCSC[C@H]1c2cccc(O)c2C(=O)C2C(=O)[C@]3(O)C(=O)C(C(N)=O)C(=O)[C@@H](N(C)C)C3[C@@H](O)C21. The van der Waals surface area contributed by atoms with Crippen LogP contribution in [0.25, 0.3) is 0 Å². The summed E-state index contributed by atoms with van der Waals surface area (Å²) in [4.78, 5) is 67.9. The second-order valence-corrected chi connectivity index (χ2v) is 12.3. The van der Waals surface area contributed by atoms with E-state index in [-0.39, 0.29) is 11.3 Å². The maximum absolute atomic E-state index is 14.0. The molecule has 206 valence electrons. The van der Waals surface area contributed by atoms with Crippen LogP contribution in [0.1, 0.15) is 42.1 Å². The van der Waals surface area contributed by atoms with Crippen LogP contribution in [0.2, 0.25) is 0 Å². The highest BCUT2D eigenvalue weighted by Gasteiger charge is 2.73. The zero-order valence-electron chi connectivity index (χ0n) is 21.8. The number of hydrogen-bond donors (Lipinski definition) is 4. The van der Waals surface area contributed by atoms with Crippen LogP contribution in [0.4, 0.5) is 0 Å². The van der Waals surface area contributed by atoms with Gasteiger partial charge >= 0.3 is 0 Å². The van der Waals surface area contributed by atoms with E-state index in [1.54, 1.807) is 23.9 Å². The summed E-state index contributed by atoms with van der Waals surface area (Å²) in [5.41, 5.74) is 2.73. The van der Waals surface area contributed by atoms with Crippen LogP contribution >= 0.6 is 11.8 Å². The van der Waals surface area contributed by atoms with Crippen molar-refractivity contribution in [3.63, 3.8) is 0 Å². The van der Waals surface area contributed by atoms with Crippen LogP contribution in [0.3, 0.4) is 0 Å². The average molecular weight is 547 g/mol. The van der Waals surface area contributed by atoms with E-state index in [1.165, 1.54) is 25.1 Å². The monoisotopic (exact) mass is 546 g/mol. The fourth-order valence-electron chi connectivity index (χ4n) is 6.50. The lowest BCUT2D eigenvalue weighted by Gasteiger charge is -2.56. The molecule has 1 amide bonds. The van der Waals surface area contributed by atoms with Crippen molar-refractivity contribution in [2.45, 2.75) is 43.9 Å². The largest absolute Gasteiger partial charge is 0.507 e.